The van der Waals surface area contributed by atoms with Gasteiger partial charge in [0.1, 0.15) is 11.7 Å². The number of nitrogens with one attached hydrogen (secondary N) is 1. The predicted octanol–water partition coefficient (Wildman–Crippen LogP) is 6.14. The van der Waals surface area contributed by atoms with E-state index in [4.69, 9.17) is 21.6 Å². The minimum Gasteiger partial charge on any atom is -0.324 e. The molecule has 2 aromatic heterocycles. The van der Waals surface area contributed by atoms with Crippen molar-refractivity contribution in [2.45, 2.75) is 13.8 Å². The van der Waals surface area contributed by atoms with E-state index in [-0.39, 0.29) is 0 Å². The Bertz CT molecular complexity index is 1200. The number of rotatable bonds is 4. The molecule has 0 aliphatic rings. The molecule has 5 heteroatoms. The van der Waals surface area contributed by atoms with Crippen LogP contribution in [-0.2, 0) is 0 Å². The van der Waals surface area contributed by atoms with Crippen molar-refractivity contribution in [2.75, 3.05) is 11.9 Å². The second-order valence-electron chi connectivity index (χ2n) is 6.67. The molecule has 4 aromatic rings. The molecule has 0 saturated carbocycles. The van der Waals surface area contributed by atoms with Crippen LogP contribution in [0, 0.1) is 6.92 Å². The van der Waals surface area contributed by atoms with Crippen LogP contribution in [0.25, 0.3) is 22.2 Å². The fourth-order valence-corrected chi connectivity index (χ4v) is 3.51. The van der Waals surface area contributed by atoms with E-state index in [2.05, 4.69) is 29.4 Å². The Morgan fingerprint density at radius 1 is 1.03 bits per heavy atom. The number of fused-ring (bicyclic) bond motifs is 1. The number of amidine groups is 1. The van der Waals surface area contributed by atoms with Gasteiger partial charge in [-0.2, -0.15) is 0 Å². The van der Waals surface area contributed by atoms with Crippen LogP contribution in [0.3, 0.4) is 0 Å². The van der Waals surface area contributed by atoms with Crippen LogP contribution in [0.15, 0.2) is 77.9 Å². The first kappa shape index (κ1) is 19.1. The summed E-state index contributed by atoms with van der Waals surface area (Å²) < 4.78 is 0. The van der Waals surface area contributed by atoms with E-state index < -0.39 is 0 Å². The molecule has 0 spiro atoms. The smallest absolute Gasteiger partial charge is 0.141 e. The minimum absolute atomic E-state index is 0.655. The lowest BCUT2D eigenvalue weighted by atomic mass is 10.1. The van der Waals surface area contributed by atoms with Crippen LogP contribution in [0.5, 0.6) is 0 Å². The van der Waals surface area contributed by atoms with Crippen molar-refractivity contribution in [3.8, 4) is 11.3 Å². The van der Waals surface area contributed by atoms with Gasteiger partial charge in [0, 0.05) is 34.3 Å². The van der Waals surface area contributed by atoms with Crippen LogP contribution in [0.2, 0.25) is 5.02 Å². The highest BCUT2D eigenvalue weighted by atomic mass is 35.5. The van der Waals surface area contributed by atoms with Gasteiger partial charge in [0.25, 0.3) is 0 Å². The first-order valence-electron chi connectivity index (χ1n) is 9.55. The van der Waals surface area contributed by atoms with Crippen LogP contribution in [0.4, 0.5) is 5.82 Å². The van der Waals surface area contributed by atoms with E-state index in [0.717, 1.165) is 39.1 Å². The number of benzene rings is 2. The number of pyridine rings is 2. The molecule has 0 radical (unpaired) electrons. The summed E-state index contributed by atoms with van der Waals surface area (Å²) >= 11 is 6.43. The average molecular weight is 401 g/mol. The molecule has 0 amide bonds. The van der Waals surface area contributed by atoms with E-state index in [9.17, 15) is 0 Å². The summed E-state index contributed by atoms with van der Waals surface area (Å²) in [4.78, 5) is 14.1. The molecule has 0 aliphatic heterocycles. The van der Waals surface area contributed by atoms with E-state index in [1.807, 2.05) is 61.5 Å². The van der Waals surface area contributed by atoms with Crippen molar-refractivity contribution in [3.63, 3.8) is 0 Å². The maximum atomic E-state index is 6.43. The summed E-state index contributed by atoms with van der Waals surface area (Å²) in [5.41, 5.74) is 4.69. The van der Waals surface area contributed by atoms with Crippen LogP contribution in [-0.4, -0.2) is 22.3 Å². The van der Waals surface area contributed by atoms with Gasteiger partial charge in [-0.05, 0) is 43.7 Å². The fraction of sp³-hybridized carbons (Fsp3) is 0.125. The highest BCUT2D eigenvalue weighted by molar-refractivity contribution is 6.33. The topological polar surface area (TPSA) is 50.2 Å². The van der Waals surface area contributed by atoms with Gasteiger partial charge in [-0.25, -0.2) is 4.98 Å². The number of hydrogen-bond acceptors (Lipinski definition) is 3. The van der Waals surface area contributed by atoms with E-state index in [1.54, 1.807) is 6.20 Å². The molecular weight excluding hydrogens is 380 g/mol. The van der Waals surface area contributed by atoms with Crippen LogP contribution in [0.1, 0.15) is 18.1 Å². The van der Waals surface area contributed by atoms with Crippen LogP contribution < -0.4 is 5.32 Å². The summed E-state index contributed by atoms with van der Waals surface area (Å²) in [5, 5.41) is 5.05. The van der Waals surface area contributed by atoms with Crippen molar-refractivity contribution >= 4 is 34.2 Å². The minimum atomic E-state index is 0.655. The zero-order chi connectivity index (χ0) is 20.2. The fourth-order valence-electron chi connectivity index (χ4n) is 3.28. The standard InChI is InChI=1S/C24H21ClN4/c1-3-26-23(17-10-5-4-9-16(17)2)29-24-19-12-8-14-27-21(19)15-22(28-24)18-11-6-7-13-20(18)25/h4-15H,3H2,1-2H3,(H,26,28,29). The van der Waals surface area contributed by atoms with Gasteiger partial charge in [0.2, 0.25) is 0 Å². The SMILES string of the molecule is CCN=C(Nc1nc(-c2ccccc2Cl)cc2ncccc12)c1ccccc1C. The number of aliphatic imine (C=N–C) groups is 1. The second kappa shape index (κ2) is 8.41. The molecule has 144 valence electrons. The van der Waals surface area contributed by atoms with Gasteiger partial charge in [-0.15, -0.1) is 0 Å². The van der Waals surface area contributed by atoms with E-state index in [1.165, 1.54) is 0 Å². The molecule has 29 heavy (non-hydrogen) atoms. The lowest BCUT2D eigenvalue weighted by molar-refractivity contribution is 1.12. The predicted molar refractivity (Wildman–Crippen MR) is 122 cm³/mol. The Morgan fingerprint density at radius 3 is 2.62 bits per heavy atom. The summed E-state index contributed by atoms with van der Waals surface area (Å²) in [6.07, 6.45) is 1.78. The molecule has 0 saturated heterocycles. The van der Waals surface area contributed by atoms with Gasteiger partial charge in [-0.1, -0.05) is 54.1 Å². The Labute approximate surface area is 175 Å². The summed E-state index contributed by atoms with van der Waals surface area (Å²) in [5.74, 6) is 1.50. The number of anilines is 1. The summed E-state index contributed by atoms with van der Waals surface area (Å²) in [6, 6.07) is 21.8. The third-order valence-electron chi connectivity index (χ3n) is 4.70. The maximum absolute atomic E-state index is 6.43. The van der Waals surface area contributed by atoms with Gasteiger partial charge in [-0.3, -0.25) is 9.98 Å². The molecule has 1 N–H and O–H groups in total. The molecule has 0 fully saturated rings. The molecule has 0 atom stereocenters. The molecule has 0 bridgehead atoms. The number of aromatic nitrogens is 2. The summed E-state index contributed by atoms with van der Waals surface area (Å²) in [6.45, 7) is 4.76. The van der Waals surface area contributed by atoms with Gasteiger partial charge >= 0.3 is 0 Å². The molecule has 0 aliphatic carbocycles. The number of hydrogen-bond donors (Lipinski definition) is 1. The quantitative estimate of drug-likeness (QED) is 0.330. The molecule has 4 nitrogen and oxygen atoms in total. The maximum Gasteiger partial charge on any atom is 0.141 e. The van der Waals surface area contributed by atoms with Crippen molar-refractivity contribution in [3.05, 3.63) is 89.1 Å². The number of nitrogens with zero attached hydrogens (tertiary/aromatic N) is 3. The third kappa shape index (κ3) is 3.98. The molecule has 0 unspecified atom stereocenters. The number of halogens is 1. The third-order valence-corrected chi connectivity index (χ3v) is 5.03. The molecule has 2 heterocycles. The Kier molecular flexibility index (Phi) is 5.54. The molecule has 2 aromatic carbocycles. The van der Waals surface area contributed by atoms with Crippen molar-refractivity contribution in [1.29, 1.82) is 0 Å². The van der Waals surface area contributed by atoms with Gasteiger partial charge < -0.3 is 5.32 Å². The highest BCUT2D eigenvalue weighted by Gasteiger charge is 2.14. The highest BCUT2D eigenvalue weighted by Crippen LogP contribution is 2.31. The largest absolute Gasteiger partial charge is 0.324 e. The van der Waals surface area contributed by atoms with Gasteiger partial charge in [0.05, 0.1) is 11.2 Å². The lowest BCUT2D eigenvalue weighted by Crippen LogP contribution is -2.17. The zero-order valence-corrected chi connectivity index (χ0v) is 17.1. The first-order chi connectivity index (χ1) is 14.2. The Balaban J connectivity index is 1.87. The summed E-state index contributed by atoms with van der Waals surface area (Å²) in [7, 11) is 0. The average Bonchev–Trinajstić information content (AvgIpc) is 2.74. The Hall–Kier alpha value is -3.24. The monoisotopic (exact) mass is 400 g/mol. The normalized spacial score (nSPS) is 11.6. The Morgan fingerprint density at radius 2 is 1.83 bits per heavy atom. The number of aryl methyl sites for hydroxylation is 1. The second-order valence-corrected chi connectivity index (χ2v) is 7.08. The van der Waals surface area contributed by atoms with Crippen molar-refractivity contribution in [1.82, 2.24) is 9.97 Å². The zero-order valence-electron chi connectivity index (χ0n) is 16.4. The van der Waals surface area contributed by atoms with Crippen molar-refractivity contribution < 1.29 is 0 Å². The van der Waals surface area contributed by atoms with Crippen molar-refractivity contribution in [2.24, 2.45) is 4.99 Å². The molecule has 4 rings (SSSR count). The van der Waals surface area contributed by atoms with E-state index in [0.29, 0.717) is 17.4 Å². The molecular formula is C24H21ClN4. The van der Waals surface area contributed by atoms with Gasteiger partial charge in [0.15, 0.2) is 0 Å². The first-order valence-corrected chi connectivity index (χ1v) is 9.93. The lowest BCUT2D eigenvalue weighted by Gasteiger charge is -2.15. The van der Waals surface area contributed by atoms with E-state index >= 15 is 0 Å². The van der Waals surface area contributed by atoms with Crippen LogP contribution >= 0.6 is 11.6 Å².